The van der Waals surface area contributed by atoms with Gasteiger partial charge in [-0.1, -0.05) is 44.2 Å². The molecule has 100 valence electrons. The van der Waals surface area contributed by atoms with Crippen LogP contribution in [0.4, 0.5) is 8.78 Å². The SMILES string of the molecule is CC(C)Cc1cnccc1C(F)(F)c1ccccc1. The van der Waals surface area contributed by atoms with Gasteiger partial charge >= 0.3 is 0 Å². The van der Waals surface area contributed by atoms with Gasteiger partial charge in [0.1, 0.15) is 0 Å². The number of benzene rings is 1. The Morgan fingerprint density at radius 3 is 2.42 bits per heavy atom. The molecule has 0 N–H and O–H groups in total. The van der Waals surface area contributed by atoms with E-state index in [0.717, 1.165) is 0 Å². The van der Waals surface area contributed by atoms with E-state index in [9.17, 15) is 8.78 Å². The number of halogens is 2. The molecule has 0 saturated carbocycles. The summed E-state index contributed by atoms with van der Waals surface area (Å²) < 4.78 is 29.1. The molecule has 1 aromatic carbocycles. The van der Waals surface area contributed by atoms with Gasteiger partial charge in [-0.05, 0) is 24.0 Å². The number of aromatic nitrogens is 1. The van der Waals surface area contributed by atoms with Gasteiger partial charge in [0.2, 0.25) is 0 Å². The van der Waals surface area contributed by atoms with Gasteiger partial charge in [-0.25, -0.2) is 0 Å². The van der Waals surface area contributed by atoms with E-state index < -0.39 is 5.92 Å². The highest BCUT2D eigenvalue weighted by molar-refractivity contribution is 5.37. The fourth-order valence-corrected chi connectivity index (χ4v) is 2.14. The van der Waals surface area contributed by atoms with Crippen LogP contribution < -0.4 is 0 Å². The summed E-state index contributed by atoms with van der Waals surface area (Å²) in [4.78, 5) is 3.97. The van der Waals surface area contributed by atoms with Crippen LogP contribution in [0, 0.1) is 5.92 Å². The third-order valence-corrected chi connectivity index (χ3v) is 3.01. The normalized spacial score (nSPS) is 11.8. The molecule has 0 fully saturated rings. The quantitative estimate of drug-likeness (QED) is 0.794. The van der Waals surface area contributed by atoms with Crippen LogP contribution in [0.3, 0.4) is 0 Å². The highest BCUT2D eigenvalue weighted by Crippen LogP contribution is 2.37. The van der Waals surface area contributed by atoms with Gasteiger partial charge in [-0.15, -0.1) is 0 Å². The summed E-state index contributed by atoms with van der Waals surface area (Å²) in [5.74, 6) is -2.66. The standard InChI is InChI=1S/C16H17F2N/c1-12(2)10-13-11-19-9-8-15(13)16(17,18)14-6-4-3-5-7-14/h3-9,11-12H,10H2,1-2H3. The lowest BCUT2D eigenvalue weighted by Crippen LogP contribution is -2.18. The number of hydrogen-bond acceptors (Lipinski definition) is 1. The molecule has 3 heteroatoms. The molecule has 0 amide bonds. The molecule has 0 unspecified atom stereocenters. The number of pyridine rings is 1. The maximum atomic E-state index is 14.6. The van der Waals surface area contributed by atoms with Crippen molar-refractivity contribution < 1.29 is 8.78 Å². The largest absolute Gasteiger partial charge is 0.298 e. The van der Waals surface area contributed by atoms with Gasteiger partial charge in [0.25, 0.3) is 5.92 Å². The van der Waals surface area contributed by atoms with Crippen LogP contribution in [0.2, 0.25) is 0 Å². The molecule has 0 aliphatic rings. The van der Waals surface area contributed by atoms with E-state index >= 15 is 0 Å². The maximum absolute atomic E-state index is 14.6. The van der Waals surface area contributed by atoms with Crippen LogP contribution in [0.5, 0.6) is 0 Å². The number of hydrogen-bond donors (Lipinski definition) is 0. The van der Waals surface area contributed by atoms with Crippen LogP contribution in [-0.2, 0) is 12.3 Å². The van der Waals surface area contributed by atoms with E-state index in [0.29, 0.717) is 17.9 Å². The Kier molecular flexibility index (Phi) is 3.93. The van der Waals surface area contributed by atoms with Crippen molar-refractivity contribution in [2.75, 3.05) is 0 Å². The van der Waals surface area contributed by atoms with Crippen molar-refractivity contribution >= 4 is 0 Å². The summed E-state index contributed by atoms with van der Waals surface area (Å²) in [6, 6.07) is 9.34. The summed E-state index contributed by atoms with van der Waals surface area (Å²) in [5, 5.41) is 0. The zero-order valence-electron chi connectivity index (χ0n) is 11.1. The second-order valence-electron chi connectivity index (χ2n) is 5.07. The molecule has 0 saturated heterocycles. The molecule has 0 radical (unpaired) electrons. The van der Waals surface area contributed by atoms with Crippen LogP contribution in [-0.4, -0.2) is 4.98 Å². The van der Waals surface area contributed by atoms with E-state index in [4.69, 9.17) is 0 Å². The third-order valence-electron chi connectivity index (χ3n) is 3.01. The van der Waals surface area contributed by atoms with Crippen LogP contribution in [0.15, 0.2) is 48.8 Å². The molecule has 0 aliphatic heterocycles. The van der Waals surface area contributed by atoms with E-state index in [1.807, 2.05) is 13.8 Å². The predicted molar refractivity (Wildman–Crippen MR) is 72.2 cm³/mol. The minimum Gasteiger partial charge on any atom is -0.264 e. The lowest BCUT2D eigenvalue weighted by molar-refractivity contribution is 0.0416. The van der Waals surface area contributed by atoms with Crippen molar-refractivity contribution in [3.63, 3.8) is 0 Å². The molecular formula is C16H17F2N. The summed E-state index contributed by atoms with van der Waals surface area (Å²) in [7, 11) is 0. The van der Waals surface area contributed by atoms with E-state index in [1.165, 1.54) is 24.4 Å². The molecule has 1 heterocycles. The van der Waals surface area contributed by atoms with Gasteiger partial charge in [0.05, 0.1) is 0 Å². The minimum absolute atomic E-state index is 0.0196. The Hall–Kier alpha value is -1.77. The van der Waals surface area contributed by atoms with E-state index in [2.05, 4.69) is 4.98 Å². The fraction of sp³-hybridized carbons (Fsp3) is 0.312. The highest BCUT2D eigenvalue weighted by atomic mass is 19.3. The Bertz CT molecular complexity index is 535. The summed E-state index contributed by atoms with van der Waals surface area (Å²) in [6.45, 7) is 4.02. The topological polar surface area (TPSA) is 12.9 Å². The molecular weight excluding hydrogens is 244 g/mol. The lowest BCUT2D eigenvalue weighted by atomic mass is 9.93. The van der Waals surface area contributed by atoms with Crippen LogP contribution >= 0.6 is 0 Å². The zero-order chi connectivity index (χ0) is 13.9. The minimum atomic E-state index is -2.98. The van der Waals surface area contributed by atoms with Gasteiger partial charge in [-0.3, -0.25) is 4.98 Å². The number of alkyl halides is 2. The average Bonchev–Trinajstić information content (AvgIpc) is 2.39. The number of nitrogens with zero attached hydrogens (tertiary/aromatic N) is 1. The fourth-order valence-electron chi connectivity index (χ4n) is 2.14. The summed E-state index contributed by atoms with van der Waals surface area (Å²) in [6.07, 6.45) is 3.58. The average molecular weight is 261 g/mol. The van der Waals surface area contributed by atoms with Crippen molar-refractivity contribution in [1.82, 2.24) is 4.98 Å². The summed E-state index contributed by atoms with van der Waals surface area (Å²) >= 11 is 0. The molecule has 2 aromatic rings. The molecule has 0 atom stereocenters. The smallest absolute Gasteiger partial charge is 0.264 e. The van der Waals surface area contributed by atoms with Gasteiger partial charge < -0.3 is 0 Å². The summed E-state index contributed by atoms with van der Waals surface area (Å²) in [5.41, 5.74) is 0.694. The Balaban J connectivity index is 2.46. The zero-order valence-corrected chi connectivity index (χ0v) is 11.1. The maximum Gasteiger partial charge on any atom is 0.298 e. The van der Waals surface area contributed by atoms with E-state index in [-0.39, 0.29) is 11.1 Å². The first-order valence-corrected chi connectivity index (χ1v) is 6.38. The first kappa shape index (κ1) is 13.7. The molecule has 2 rings (SSSR count). The Morgan fingerprint density at radius 1 is 1.11 bits per heavy atom. The van der Waals surface area contributed by atoms with Gasteiger partial charge in [-0.2, -0.15) is 8.78 Å². The molecule has 1 aromatic heterocycles. The predicted octanol–water partition coefficient (Wildman–Crippen LogP) is 4.42. The monoisotopic (exact) mass is 261 g/mol. The van der Waals surface area contributed by atoms with Crippen molar-refractivity contribution in [1.29, 1.82) is 0 Å². The highest BCUT2D eigenvalue weighted by Gasteiger charge is 2.35. The van der Waals surface area contributed by atoms with Crippen molar-refractivity contribution in [3.05, 3.63) is 65.5 Å². The van der Waals surface area contributed by atoms with Crippen LogP contribution in [0.25, 0.3) is 0 Å². The number of rotatable bonds is 4. The molecule has 1 nitrogen and oxygen atoms in total. The van der Waals surface area contributed by atoms with Crippen molar-refractivity contribution in [2.24, 2.45) is 5.92 Å². The molecule has 0 spiro atoms. The van der Waals surface area contributed by atoms with Crippen molar-refractivity contribution in [3.8, 4) is 0 Å². The van der Waals surface area contributed by atoms with Gasteiger partial charge in [0, 0.05) is 23.5 Å². The molecule has 0 aliphatic carbocycles. The second-order valence-corrected chi connectivity index (χ2v) is 5.07. The first-order valence-electron chi connectivity index (χ1n) is 6.38. The first-order chi connectivity index (χ1) is 9.01. The Labute approximate surface area is 112 Å². The van der Waals surface area contributed by atoms with E-state index in [1.54, 1.807) is 24.4 Å². The second kappa shape index (κ2) is 5.47. The van der Waals surface area contributed by atoms with Crippen LogP contribution in [0.1, 0.15) is 30.5 Å². The lowest BCUT2D eigenvalue weighted by Gasteiger charge is -2.21. The molecule has 0 bridgehead atoms. The van der Waals surface area contributed by atoms with Crippen molar-refractivity contribution in [2.45, 2.75) is 26.2 Å². The van der Waals surface area contributed by atoms with Gasteiger partial charge in [0.15, 0.2) is 0 Å². The molecule has 19 heavy (non-hydrogen) atoms. The Morgan fingerprint density at radius 2 is 1.79 bits per heavy atom. The third kappa shape index (κ3) is 2.98.